The summed E-state index contributed by atoms with van der Waals surface area (Å²) in [6, 6.07) is -0.270. The van der Waals surface area contributed by atoms with Crippen molar-refractivity contribution in [2.75, 3.05) is 23.7 Å². The number of carbonyl (C=O) groups excluding carboxylic acids is 1. The second-order valence-corrected chi connectivity index (χ2v) is 10.1. The first-order valence-electron chi connectivity index (χ1n) is 9.82. The molecule has 1 aliphatic heterocycles. The van der Waals surface area contributed by atoms with E-state index in [1.54, 1.807) is 27.8 Å². The normalized spacial score (nSPS) is 24.0. The fourth-order valence-electron chi connectivity index (χ4n) is 4.40. The fourth-order valence-corrected chi connectivity index (χ4v) is 4.88. The van der Waals surface area contributed by atoms with Gasteiger partial charge in [0.25, 0.3) is 5.56 Å². The molecule has 0 radical (unpaired) electrons. The lowest BCUT2D eigenvalue weighted by Gasteiger charge is -2.43. The third-order valence-electron chi connectivity index (χ3n) is 5.83. The van der Waals surface area contributed by atoms with Gasteiger partial charge >= 0.3 is 6.09 Å². The lowest BCUT2D eigenvalue weighted by molar-refractivity contribution is 0.0442. The molecule has 1 spiro atoms. The Balaban J connectivity index is 1.74. The monoisotopic (exact) mass is 521 g/mol. The smallest absolute Gasteiger partial charge is 0.407 e. The predicted molar refractivity (Wildman–Crippen MR) is 118 cm³/mol. The van der Waals surface area contributed by atoms with Gasteiger partial charge in [0.2, 0.25) is 5.95 Å². The van der Waals surface area contributed by atoms with Crippen molar-refractivity contribution in [1.82, 2.24) is 14.9 Å². The largest absolute Gasteiger partial charge is 0.444 e. The van der Waals surface area contributed by atoms with Crippen LogP contribution in [0.2, 0.25) is 0 Å². The molecule has 1 aromatic heterocycles. The van der Waals surface area contributed by atoms with Crippen molar-refractivity contribution >= 4 is 40.5 Å². The third kappa shape index (κ3) is 4.61. The van der Waals surface area contributed by atoms with Gasteiger partial charge in [0.1, 0.15) is 21.2 Å². The topological polar surface area (TPSA) is 102 Å². The molecule has 0 aromatic carbocycles. The van der Waals surface area contributed by atoms with E-state index < -0.39 is 17.9 Å². The molecule has 3 N–H and O–H groups in total. The third-order valence-corrected chi connectivity index (χ3v) is 6.84. The standard InChI is InChI=1S/C19H29FIN5O3/c1-18(2,3)29-17(28)23-12-9-11(20)10-19(12)5-7-26(8-6-19)16-24-14(22)13(21)15(27)25(16)4/h11-12H,5-10,22H2,1-4H3,(H,23,28)/t11-,12-/m1/s1. The van der Waals surface area contributed by atoms with Crippen LogP contribution in [0.1, 0.15) is 46.5 Å². The van der Waals surface area contributed by atoms with Gasteiger partial charge in [-0.3, -0.25) is 9.36 Å². The molecule has 0 bridgehead atoms. The number of nitrogens with one attached hydrogen (secondary N) is 1. The van der Waals surface area contributed by atoms with Gasteiger partial charge in [-0.15, -0.1) is 0 Å². The van der Waals surface area contributed by atoms with Crippen molar-refractivity contribution in [3.63, 3.8) is 0 Å². The van der Waals surface area contributed by atoms with Crippen LogP contribution in [0.3, 0.4) is 0 Å². The molecule has 1 aromatic rings. The molecule has 1 saturated heterocycles. The second kappa shape index (κ2) is 7.92. The van der Waals surface area contributed by atoms with E-state index in [4.69, 9.17) is 10.5 Å². The van der Waals surface area contributed by atoms with Crippen LogP contribution < -0.4 is 21.5 Å². The van der Waals surface area contributed by atoms with Crippen LogP contribution in [0.15, 0.2) is 4.79 Å². The first kappa shape index (κ1) is 22.1. The minimum atomic E-state index is -0.946. The van der Waals surface area contributed by atoms with Crippen molar-refractivity contribution in [3.05, 3.63) is 13.9 Å². The molecule has 10 heteroatoms. The van der Waals surface area contributed by atoms with Crippen molar-refractivity contribution in [2.24, 2.45) is 12.5 Å². The summed E-state index contributed by atoms with van der Waals surface area (Å²) in [5, 5.41) is 2.91. The maximum absolute atomic E-state index is 14.3. The number of nitrogens with zero attached hydrogens (tertiary/aromatic N) is 3. The highest BCUT2D eigenvalue weighted by Gasteiger charge is 2.50. The molecule has 2 fully saturated rings. The van der Waals surface area contributed by atoms with Crippen molar-refractivity contribution in [2.45, 2.75) is 64.3 Å². The maximum Gasteiger partial charge on any atom is 0.407 e. The lowest BCUT2D eigenvalue weighted by Crippen LogP contribution is -2.51. The molecule has 1 amide bonds. The average molecular weight is 521 g/mol. The molecule has 8 nitrogen and oxygen atoms in total. The van der Waals surface area contributed by atoms with Gasteiger partial charge in [0.15, 0.2) is 0 Å². The first-order chi connectivity index (χ1) is 13.4. The van der Waals surface area contributed by atoms with E-state index in [9.17, 15) is 14.0 Å². The highest BCUT2D eigenvalue weighted by Crippen LogP contribution is 2.48. The molecule has 2 atom stereocenters. The predicted octanol–water partition coefficient (Wildman–Crippen LogP) is 2.58. The summed E-state index contributed by atoms with van der Waals surface area (Å²) in [4.78, 5) is 31.0. The van der Waals surface area contributed by atoms with Gasteiger partial charge in [0.05, 0.1) is 0 Å². The Bertz CT molecular complexity index is 845. The summed E-state index contributed by atoms with van der Waals surface area (Å²) in [7, 11) is 1.68. The maximum atomic E-state index is 14.3. The Kier molecular flexibility index (Phi) is 6.03. The number of nitrogens with two attached hydrogens (primary N) is 1. The molecule has 0 unspecified atom stereocenters. The molecule has 2 aliphatic rings. The van der Waals surface area contributed by atoms with Gasteiger partial charge in [-0.25, -0.2) is 9.18 Å². The number of anilines is 2. The number of amides is 1. The van der Waals surface area contributed by atoms with Crippen LogP contribution in [-0.4, -0.2) is 46.5 Å². The van der Waals surface area contributed by atoms with Crippen molar-refractivity contribution in [1.29, 1.82) is 0 Å². The van der Waals surface area contributed by atoms with Crippen molar-refractivity contribution < 1.29 is 13.9 Å². The zero-order valence-corrected chi connectivity index (χ0v) is 19.5. The van der Waals surface area contributed by atoms with E-state index in [0.29, 0.717) is 48.3 Å². The quantitative estimate of drug-likeness (QED) is 0.581. The molecular weight excluding hydrogens is 492 g/mol. The summed E-state index contributed by atoms with van der Waals surface area (Å²) in [5.74, 6) is 0.743. The SMILES string of the molecule is Cn1c(N2CCC3(CC2)C[C@H](F)C[C@H]3NC(=O)OC(C)(C)C)nc(N)c(I)c1=O. The molecule has 2 heterocycles. The Morgan fingerprint density at radius 1 is 1.38 bits per heavy atom. The van der Waals surface area contributed by atoms with Gasteiger partial charge in [-0.05, 0) is 74.5 Å². The van der Waals surface area contributed by atoms with E-state index in [-0.39, 0.29) is 22.8 Å². The zero-order chi connectivity index (χ0) is 21.6. The van der Waals surface area contributed by atoms with Crippen LogP contribution in [0.5, 0.6) is 0 Å². The van der Waals surface area contributed by atoms with Crippen molar-refractivity contribution in [3.8, 4) is 0 Å². The minimum absolute atomic E-state index is 0.178. The van der Waals surface area contributed by atoms with Crippen LogP contribution >= 0.6 is 22.6 Å². The minimum Gasteiger partial charge on any atom is -0.444 e. The molecule has 162 valence electrons. The molecular formula is C19H29FIN5O3. The number of aromatic nitrogens is 2. The Morgan fingerprint density at radius 2 is 2.00 bits per heavy atom. The highest BCUT2D eigenvalue weighted by atomic mass is 127. The van der Waals surface area contributed by atoms with E-state index in [1.165, 1.54) is 4.57 Å². The number of hydrogen-bond acceptors (Lipinski definition) is 6. The van der Waals surface area contributed by atoms with Crippen LogP contribution in [0, 0.1) is 8.99 Å². The Labute approximate surface area is 183 Å². The number of rotatable bonds is 2. The highest BCUT2D eigenvalue weighted by molar-refractivity contribution is 14.1. The number of hydrogen-bond donors (Lipinski definition) is 2. The Morgan fingerprint density at radius 3 is 2.59 bits per heavy atom. The van der Waals surface area contributed by atoms with Gasteiger partial charge in [-0.2, -0.15) is 4.98 Å². The molecule has 3 rings (SSSR count). The number of halogens is 2. The summed E-state index contributed by atoms with van der Waals surface area (Å²) in [6.45, 7) is 6.63. The summed E-state index contributed by atoms with van der Waals surface area (Å²) in [5.41, 5.74) is 4.79. The number of alkyl carbamates (subject to hydrolysis) is 1. The summed E-state index contributed by atoms with van der Waals surface area (Å²) < 4.78 is 21.6. The van der Waals surface area contributed by atoms with Gasteiger partial charge in [0, 0.05) is 26.2 Å². The Hall–Kier alpha value is -1.59. The van der Waals surface area contributed by atoms with Crippen LogP contribution in [0.4, 0.5) is 21.0 Å². The van der Waals surface area contributed by atoms with Gasteiger partial charge < -0.3 is 20.7 Å². The fraction of sp³-hybridized carbons (Fsp3) is 0.737. The number of ether oxygens (including phenoxy) is 1. The van der Waals surface area contributed by atoms with Crippen LogP contribution in [-0.2, 0) is 11.8 Å². The van der Waals surface area contributed by atoms with E-state index in [2.05, 4.69) is 10.3 Å². The molecule has 1 saturated carbocycles. The number of nitrogen functional groups attached to an aromatic ring is 1. The second-order valence-electron chi connectivity index (χ2n) is 9.06. The molecule has 29 heavy (non-hydrogen) atoms. The summed E-state index contributed by atoms with van der Waals surface area (Å²) >= 11 is 1.90. The van der Waals surface area contributed by atoms with Gasteiger partial charge in [-0.1, -0.05) is 0 Å². The number of alkyl halides is 1. The average Bonchev–Trinajstić information content (AvgIpc) is 2.90. The van der Waals surface area contributed by atoms with Crippen LogP contribution in [0.25, 0.3) is 0 Å². The van der Waals surface area contributed by atoms with E-state index in [0.717, 1.165) is 0 Å². The van der Waals surface area contributed by atoms with E-state index >= 15 is 0 Å². The lowest BCUT2D eigenvalue weighted by atomic mass is 9.74. The number of piperidine rings is 1. The number of carbonyl (C=O) groups is 1. The zero-order valence-electron chi connectivity index (χ0n) is 17.3. The van der Waals surface area contributed by atoms with E-state index in [1.807, 2.05) is 27.5 Å². The molecule has 1 aliphatic carbocycles. The first-order valence-corrected chi connectivity index (χ1v) is 10.9. The summed E-state index contributed by atoms with van der Waals surface area (Å²) in [6.07, 6.45) is 0.644.